The molecule has 0 rings (SSSR count). The van der Waals surface area contributed by atoms with Gasteiger partial charge in [-0.05, 0) is 19.4 Å². The summed E-state index contributed by atoms with van der Waals surface area (Å²) in [5.41, 5.74) is 0. The summed E-state index contributed by atoms with van der Waals surface area (Å²) in [5, 5.41) is 12.8. The molecular weight excluding hydrogens is 282 g/mol. The fraction of sp³-hybridized carbons (Fsp3) is 1.00. The fourth-order valence-electron chi connectivity index (χ4n) is 3.15. The van der Waals surface area contributed by atoms with E-state index in [0.29, 0.717) is 12.6 Å². The molecule has 0 amide bonds. The van der Waals surface area contributed by atoms with Gasteiger partial charge in [-0.2, -0.15) is 0 Å². The van der Waals surface area contributed by atoms with Gasteiger partial charge in [-0.15, -0.1) is 0 Å². The first kappa shape index (κ1) is 22.9. The van der Waals surface area contributed by atoms with Gasteiger partial charge in [-0.3, -0.25) is 0 Å². The van der Waals surface area contributed by atoms with Crippen LogP contribution < -0.4 is 5.32 Å². The van der Waals surface area contributed by atoms with Gasteiger partial charge in [0.05, 0.1) is 6.61 Å². The van der Waals surface area contributed by atoms with E-state index in [1.54, 1.807) is 0 Å². The van der Waals surface area contributed by atoms with Crippen LogP contribution in [0.15, 0.2) is 0 Å². The van der Waals surface area contributed by atoms with Crippen molar-refractivity contribution in [3.8, 4) is 0 Å². The maximum Gasteiger partial charge on any atom is 0.0584 e. The molecule has 23 heavy (non-hydrogen) atoms. The first-order valence-electron chi connectivity index (χ1n) is 10.7. The minimum absolute atomic E-state index is 0.294. The molecule has 0 radical (unpaired) electrons. The highest BCUT2D eigenvalue weighted by molar-refractivity contribution is 4.65. The average Bonchev–Trinajstić information content (AvgIpc) is 2.57. The summed E-state index contributed by atoms with van der Waals surface area (Å²) in [4.78, 5) is 0. The summed E-state index contributed by atoms with van der Waals surface area (Å²) in [5.74, 6) is 0. The van der Waals surface area contributed by atoms with Gasteiger partial charge in [-0.1, -0.05) is 104 Å². The van der Waals surface area contributed by atoms with E-state index in [1.165, 1.54) is 96.3 Å². The molecular formula is C21H45NO. The van der Waals surface area contributed by atoms with Crippen molar-refractivity contribution < 1.29 is 5.11 Å². The van der Waals surface area contributed by atoms with E-state index in [2.05, 4.69) is 19.2 Å². The zero-order chi connectivity index (χ0) is 17.0. The minimum Gasteiger partial charge on any atom is -0.395 e. The van der Waals surface area contributed by atoms with E-state index in [9.17, 15) is 5.11 Å². The van der Waals surface area contributed by atoms with Crippen LogP contribution in [0, 0.1) is 0 Å². The van der Waals surface area contributed by atoms with Gasteiger partial charge in [0.15, 0.2) is 0 Å². The van der Waals surface area contributed by atoms with Crippen LogP contribution in [0.25, 0.3) is 0 Å². The summed E-state index contributed by atoms with van der Waals surface area (Å²) < 4.78 is 0. The van der Waals surface area contributed by atoms with Gasteiger partial charge in [0.1, 0.15) is 0 Å². The Morgan fingerprint density at radius 2 is 1.04 bits per heavy atom. The highest BCUT2D eigenvalue weighted by atomic mass is 16.3. The zero-order valence-electron chi connectivity index (χ0n) is 16.3. The van der Waals surface area contributed by atoms with Crippen LogP contribution in [-0.4, -0.2) is 24.3 Å². The third-order valence-corrected chi connectivity index (χ3v) is 4.84. The van der Waals surface area contributed by atoms with Gasteiger partial charge in [0.25, 0.3) is 0 Å². The topological polar surface area (TPSA) is 32.3 Å². The number of hydrogen-bond donors (Lipinski definition) is 2. The predicted octanol–water partition coefficient (Wildman–Crippen LogP) is 6.22. The van der Waals surface area contributed by atoms with Crippen molar-refractivity contribution in [3.05, 3.63) is 0 Å². The number of hydrogen-bond acceptors (Lipinski definition) is 2. The Morgan fingerprint density at radius 1 is 0.609 bits per heavy atom. The molecule has 0 aliphatic rings. The second-order valence-corrected chi connectivity index (χ2v) is 7.22. The maximum atomic E-state index is 9.35. The van der Waals surface area contributed by atoms with Crippen molar-refractivity contribution in [1.82, 2.24) is 5.32 Å². The molecule has 1 unspecified atom stereocenters. The Kier molecular flexibility index (Phi) is 19.9. The molecule has 0 fully saturated rings. The van der Waals surface area contributed by atoms with Gasteiger partial charge in [0.2, 0.25) is 0 Å². The van der Waals surface area contributed by atoms with E-state index in [4.69, 9.17) is 0 Å². The van der Waals surface area contributed by atoms with Gasteiger partial charge < -0.3 is 10.4 Å². The van der Waals surface area contributed by atoms with Crippen LogP contribution in [0.5, 0.6) is 0 Å². The normalized spacial score (nSPS) is 12.7. The number of aliphatic hydroxyl groups excluding tert-OH is 1. The van der Waals surface area contributed by atoms with Crippen molar-refractivity contribution in [2.45, 2.75) is 123 Å². The van der Waals surface area contributed by atoms with Crippen LogP contribution in [0.4, 0.5) is 0 Å². The molecule has 0 heterocycles. The number of nitrogens with one attached hydrogen (secondary N) is 1. The van der Waals surface area contributed by atoms with Crippen LogP contribution in [0.1, 0.15) is 117 Å². The van der Waals surface area contributed by atoms with E-state index < -0.39 is 0 Å². The largest absolute Gasteiger partial charge is 0.395 e. The van der Waals surface area contributed by atoms with Gasteiger partial charge in [0, 0.05) is 6.04 Å². The van der Waals surface area contributed by atoms with E-state index in [1.807, 2.05) is 0 Å². The third-order valence-electron chi connectivity index (χ3n) is 4.84. The third kappa shape index (κ3) is 18.1. The number of rotatable bonds is 19. The van der Waals surface area contributed by atoms with Crippen LogP contribution in [0.2, 0.25) is 0 Å². The molecule has 1 atom stereocenters. The molecule has 0 aromatic carbocycles. The van der Waals surface area contributed by atoms with Crippen molar-refractivity contribution in [1.29, 1.82) is 0 Å². The second kappa shape index (κ2) is 20.0. The SMILES string of the molecule is CCCCCCCCCCCCCCCC(CO)NCCCC. The van der Waals surface area contributed by atoms with Gasteiger partial charge >= 0.3 is 0 Å². The van der Waals surface area contributed by atoms with Crippen molar-refractivity contribution >= 4 is 0 Å². The number of unbranched alkanes of at least 4 members (excludes halogenated alkanes) is 13. The Balaban J connectivity index is 3.17. The van der Waals surface area contributed by atoms with Crippen molar-refractivity contribution in [2.24, 2.45) is 0 Å². The van der Waals surface area contributed by atoms with E-state index >= 15 is 0 Å². The lowest BCUT2D eigenvalue weighted by molar-refractivity contribution is 0.232. The zero-order valence-corrected chi connectivity index (χ0v) is 16.3. The summed E-state index contributed by atoms with van der Waals surface area (Å²) in [7, 11) is 0. The Labute approximate surface area is 146 Å². The Bertz CT molecular complexity index is 208. The predicted molar refractivity (Wildman–Crippen MR) is 104 cm³/mol. The van der Waals surface area contributed by atoms with Crippen LogP contribution in [-0.2, 0) is 0 Å². The first-order valence-corrected chi connectivity index (χ1v) is 10.7. The minimum atomic E-state index is 0.294. The molecule has 0 aromatic heterocycles. The molecule has 0 saturated carbocycles. The van der Waals surface area contributed by atoms with Crippen molar-refractivity contribution in [2.75, 3.05) is 13.2 Å². The molecule has 140 valence electrons. The molecule has 0 bridgehead atoms. The molecule has 0 aliphatic heterocycles. The average molecular weight is 328 g/mol. The molecule has 0 spiro atoms. The first-order chi connectivity index (χ1) is 11.3. The van der Waals surface area contributed by atoms with E-state index in [0.717, 1.165) is 13.0 Å². The Morgan fingerprint density at radius 3 is 1.48 bits per heavy atom. The van der Waals surface area contributed by atoms with Crippen LogP contribution >= 0.6 is 0 Å². The monoisotopic (exact) mass is 327 g/mol. The standard InChI is InChI=1S/C21H45NO/c1-3-5-7-8-9-10-11-12-13-14-15-16-17-18-21(20-23)22-19-6-4-2/h21-23H,3-20H2,1-2H3. The Hall–Kier alpha value is -0.0800. The van der Waals surface area contributed by atoms with Gasteiger partial charge in [-0.25, -0.2) is 0 Å². The highest BCUT2D eigenvalue weighted by Crippen LogP contribution is 2.13. The molecule has 2 N–H and O–H groups in total. The van der Waals surface area contributed by atoms with Crippen LogP contribution in [0.3, 0.4) is 0 Å². The summed E-state index contributed by atoms with van der Waals surface area (Å²) >= 11 is 0. The highest BCUT2D eigenvalue weighted by Gasteiger charge is 2.05. The van der Waals surface area contributed by atoms with E-state index in [-0.39, 0.29) is 0 Å². The lowest BCUT2D eigenvalue weighted by Crippen LogP contribution is -2.33. The fourth-order valence-corrected chi connectivity index (χ4v) is 3.15. The summed E-state index contributed by atoms with van der Waals surface area (Å²) in [6.45, 7) is 5.84. The lowest BCUT2D eigenvalue weighted by atomic mass is 10.0. The molecule has 0 aliphatic carbocycles. The maximum absolute atomic E-state index is 9.35. The smallest absolute Gasteiger partial charge is 0.0584 e. The summed E-state index contributed by atoms with van der Waals surface area (Å²) in [6.07, 6.45) is 21.8. The number of aliphatic hydroxyl groups is 1. The molecule has 2 nitrogen and oxygen atoms in total. The molecule has 0 saturated heterocycles. The summed E-state index contributed by atoms with van der Waals surface area (Å²) in [6, 6.07) is 0.328. The quantitative estimate of drug-likeness (QED) is 0.276. The van der Waals surface area contributed by atoms with Crippen molar-refractivity contribution in [3.63, 3.8) is 0 Å². The lowest BCUT2D eigenvalue weighted by Gasteiger charge is -2.15. The second-order valence-electron chi connectivity index (χ2n) is 7.22. The molecule has 2 heteroatoms. The molecule has 0 aromatic rings.